The fourth-order valence-electron chi connectivity index (χ4n) is 3.12. The van der Waals surface area contributed by atoms with Crippen molar-refractivity contribution < 1.29 is 28.2 Å². The Morgan fingerprint density at radius 3 is 2.03 bits per heavy atom. The minimum absolute atomic E-state index is 0.00532. The summed E-state index contributed by atoms with van der Waals surface area (Å²) in [6, 6.07) is 10.8. The Hall–Kier alpha value is -3.75. The number of nitrogens with zero attached hydrogens (tertiary/aromatic N) is 2. The molecule has 0 bridgehead atoms. The van der Waals surface area contributed by atoms with Gasteiger partial charge in [0.2, 0.25) is 17.5 Å². The molecule has 1 heterocycles. The average Bonchev–Trinajstić information content (AvgIpc) is 3.26. The van der Waals surface area contributed by atoms with Crippen molar-refractivity contribution in [3.63, 3.8) is 0 Å². The third-order valence-corrected chi connectivity index (χ3v) is 4.43. The summed E-state index contributed by atoms with van der Waals surface area (Å²) >= 11 is 0. The SMILES string of the molecule is CCOc1ccc(CC(=O)Nc2nnc(-c3cc(OCC)c(OCC)c(OCC)c3)o2)cc1. The van der Waals surface area contributed by atoms with E-state index in [1.54, 1.807) is 12.1 Å². The van der Waals surface area contributed by atoms with Crippen molar-refractivity contribution in [2.24, 2.45) is 0 Å². The third kappa shape index (κ3) is 6.38. The van der Waals surface area contributed by atoms with Crippen molar-refractivity contribution in [1.82, 2.24) is 10.2 Å². The molecular weight excluding hydrogens is 426 g/mol. The minimum Gasteiger partial charge on any atom is -0.494 e. The van der Waals surface area contributed by atoms with Gasteiger partial charge in [-0.25, -0.2) is 0 Å². The number of hydrogen-bond acceptors (Lipinski definition) is 8. The molecule has 9 heteroatoms. The molecule has 1 N–H and O–H groups in total. The molecule has 9 nitrogen and oxygen atoms in total. The molecule has 0 atom stereocenters. The highest BCUT2D eigenvalue weighted by molar-refractivity contribution is 5.90. The molecular formula is C24H29N3O6. The minimum atomic E-state index is -0.272. The first-order valence-electron chi connectivity index (χ1n) is 11.0. The first-order chi connectivity index (χ1) is 16.1. The molecule has 1 aromatic heterocycles. The van der Waals surface area contributed by atoms with Crippen LogP contribution in [0, 0.1) is 0 Å². The topological polar surface area (TPSA) is 105 Å². The lowest BCUT2D eigenvalue weighted by Gasteiger charge is -2.16. The lowest BCUT2D eigenvalue weighted by molar-refractivity contribution is -0.115. The molecule has 33 heavy (non-hydrogen) atoms. The van der Waals surface area contributed by atoms with Crippen LogP contribution in [-0.4, -0.2) is 42.5 Å². The zero-order chi connectivity index (χ0) is 23.6. The van der Waals surface area contributed by atoms with Gasteiger partial charge < -0.3 is 23.4 Å². The van der Waals surface area contributed by atoms with E-state index < -0.39 is 0 Å². The van der Waals surface area contributed by atoms with Crippen molar-refractivity contribution in [2.45, 2.75) is 34.1 Å². The standard InChI is InChI=1S/C24H29N3O6/c1-5-29-18-11-9-16(10-12-18)13-21(28)25-24-27-26-23(33-24)17-14-19(30-6-2)22(32-8-4)20(15-17)31-7-3/h9-12,14-15H,5-8,13H2,1-4H3,(H,25,27,28). The molecule has 0 spiro atoms. The van der Waals surface area contributed by atoms with E-state index in [9.17, 15) is 4.79 Å². The Morgan fingerprint density at radius 2 is 1.45 bits per heavy atom. The lowest BCUT2D eigenvalue weighted by atomic mass is 10.1. The van der Waals surface area contributed by atoms with Crippen molar-refractivity contribution in [2.75, 3.05) is 31.7 Å². The van der Waals surface area contributed by atoms with Gasteiger partial charge in [-0.3, -0.25) is 10.1 Å². The molecule has 0 aliphatic carbocycles. The maximum atomic E-state index is 12.4. The highest BCUT2D eigenvalue weighted by Crippen LogP contribution is 2.41. The second-order valence-corrected chi connectivity index (χ2v) is 6.81. The summed E-state index contributed by atoms with van der Waals surface area (Å²) in [5, 5.41) is 10.6. The van der Waals surface area contributed by atoms with Gasteiger partial charge in [-0.1, -0.05) is 17.2 Å². The summed E-state index contributed by atoms with van der Waals surface area (Å²) in [5.74, 6) is 2.26. The normalized spacial score (nSPS) is 10.5. The van der Waals surface area contributed by atoms with Crippen LogP contribution >= 0.6 is 0 Å². The van der Waals surface area contributed by atoms with Crippen LogP contribution in [0.4, 0.5) is 6.01 Å². The highest BCUT2D eigenvalue weighted by Gasteiger charge is 2.19. The molecule has 0 saturated carbocycles. The first-order valence-corrected chi connectivity index (χ1v) is 11.0. The van der Waals surface area contributed by atoms with Gasteiger partial charge in [0.05, 0.1) is 32.8 Å². The first kappa shape index (κ1) is 23.9. The molecule has 0 saturated heterocycles. The van der Waals surface area contributed by atoms with E-state index in [0.717, 1.165) is 11.3 Å². The van der Waals surface area contributed by atoms with Gasteiger partial charge >= 0.3 is 6.01 Å². The molecule has 176 valence electrons. The Bertz CT molecular complexity index is 1020. The van der Waals surface area contributed by atoms with Crippen LogP contribution in [0.2, 0.25) is 0 Å². The zero-order valence-corrected chi connectivity index (χ0v) is 19.3. The number of aromatic nitrogens is 2. The molecule has 0 aliphatic rings. The number of anilines is 1. The quantitative estimate of drug-likeness (QED) is 0.425. The van der Waals surface area contributed by atoms with E-state index in [2.05, 4.69) is 15.5 Å². The van der Waals surface area contributed by atoms with Gasteiger partial charge in [-0.2, -0.15) is 0 Å². The second-order valence-electron chi connectivity index (χ2n) is 6.81. The Morgan fingerprint density at radius 1 is 0.848 bits per heavy atom. The number of hydrogen-bond donors (Lipinski definition) is 1. The number of nitrogens with one attached hydrogen (secondary N) is 1. The maximum absolute atomic E-state index is 12.4. The number of carbonyl (C=O) groups is 1. The molecule has 1 amide bonds. The van der Waals surface area contributed by atoms with Gasteiger partial charge in [-0.05, 0) is 57.5 Å². The van der Waals surface area contributed by atoms with E-state index in [1.807, 2.05) is 52.0 Å². The molecule has 2 aromatic carbocycles. The number of amides is 1. The molecule has 0 fully saturated rings. The lowest BCUT2D eigenvalue weighted by Crippen LogP contribution is -2.14. The predicted octanol–water partition coefficient (Wildman–Crippen LogP) is 4.51. The van der Waals surface area contributed by atoms with Crippen molar-refractivity contribution in [3.05, 3.63) is 42.0 Å². The zero-order valence-electron chi connectivity index (χ0n) is 19.3. The fourth-order valence-corrected chi connectivity index (χ4v) is 3.12. The van der Waals surface area contributed by atoms with Crippen molar-refractivity contribution in [3.8, 4) is 34.5 Å². The average molecular weight is 456 g/mol. The van der Waals surface area contributed by atoms with Crippen LogP contribution in [0.5, 0.6) is 23.0 Å². The Labute approximate surface area is 193 Å². The van der Waals surface area contributed by atoms with Crippen LogP contribution in [0.15, 0.2) is 40.8 Å². The summed E-state index contributed by atoms with van der Waals surface area (Å²) in [6.07, 6.45) is 0.163. The molecule has 0 unspecified atom stereocenters. The number of rotatable bonds is 12. The largest absolute Gasteiger partial charge is 0.494 e. The van der Waals surface area contributed by atoms with E-state index >= 15 is 0 Å². The molecule has 0 radical (unpaired) electrons. The number of benzene rings is 2. The summed E-state index contributed by atoms with van der Waals surface area (Å²) in [7, 11) is 0. The summed E-state index contributed by atoms with van der Waals surface area (Å²) < 4.78 is 28.3. The van der Waals surface area contributed by atoms with Crippen LogP contribution < -0.4 is 24.3 Å². The molecule has 3 rings (SSSR count). The van der Waals surface area contributed by atoms with Gasteiger partial charge in [0.25, 0.3) is 0 Å². The van der Waals surface area contributed by atoms with Crippen LogP contribution in [-0.2, 0) is 11.2 Å². The van der Waals surface area contributed by atoms with Crippen LogP contribution in [0.25, 0.3) is 11.5 Å². The monoisotopic (exact) mass is 455 g/mol. The van der Waals surface area contributed by atoms with Crippen LogP contribution in [0.1, 0.15) is 33.3 Å². The Balaban J connectivity index is 1.75. The highest BCUT2D eigenvalue weighted by atomic mass is 16.5. The van der Waals surface area contributed by atoms with E-state index in [0.29, 0.717) is 49.2 Å². The van der Waals surface area contributed by atoms with Crippen LogP contribution in [0.3, 0.4) is 0 Å². The van der Waals surface area contributed by atoms with Gasteiger partial charge in [-0.15, -0.1) is 5.10 Å². The van der Waals surface area contributed by atoms with Gasteiger partial charge in [0, 0.05) is 5.56 Å². The summed E-state index contributed by atoms with van der Waals surface area (Å²) in [4.78, 5) is 12.4. The molecule has 3 aromatic rings. The summed E-state index contributed by atoms with van der Waals surface area (Å²) in [5.41, 5.74) is 1.43. The third-order valence-electron chi connectivity index (χ3n) is 4.43. The Kier molecular flexibility index (Phi) is 8.51. The van der Waals surface area contributed by atoms with Gasteiger partial charge in [0.1, 0.15) is 5.75 Å². The van der Waals surface area contributed by atoms with Crippen molar-refractivity contribution >= 4 is 11.9 Å². The fraction of sp³-hybridized carbons (Fsp3) is 0.375. The van der Waals surface area contributed by atoms with Crippen molar-refractivity contribution in [1.29, 1.82) is 0 Å². The smallest absolute Gasteiger partial charge is 0.322 e. The van der Waals surface area contributed by atoms with Gasteiger partial charge in [0.15, 0.2) is 11.5 Å². The predicted molar refractivity (Wildman–Crippen MR) is 123 cm³/mol. The maximum Gasteiger partial charge on any atom is 0.322 e. The van der Waals surface area contributed by atoms with E-state index in [4.69, 9.17) is 23.4 Å². The number of carbonyl (C=O) groups excluding carboxylic acids is 1. The van der Waals surface area contributed by atoms with E-state index in [1.165, 1.54) is 0 Å². The van der Waals surface area contributed by atoms with E-state index in [-0.39, 0.29) is 24.2 Å². The second kappa shape index (κ2) is 11.8. The molecule has 0 aliphatic heterocycles. The number of ether oxygens (including phenoxy) is 4. The summed E-state index contributed by atoms with van der Waals surface area (Å²) in [6.45, 7) is 9.52.